The van der Waals surface area contributed by atoms with Crippen LogP contribution in [0.2, 0.25) is 0 Å². The van der Waals surface area contributed by atoms with E-state index in [1.807, 2.05) is 0 Å². The second-order valence-corrected chi connectivity index (χ2v) is 7.81. The Morgan fingerprint density at radius 3 is 2.48 bits per heavy atom. The van der Waals surface area contributed by atoms with Gasteiger partial charge < -0.3 is 19.5 Å². The lowest BCUT2D eigenvalue weighted by atomic mass is 9.77. The second-order valence-electron chi connectivity index (χ2n) is 7.81. The number of nitrogens with zero attached hydrogens (tertiary/aromatic N) is 1. The first kappa shape index (κ1) is 19.7. The van der Waals surface area contributed by atoms with E-state index in [9.17, 15) is 14.7 Å². The Bertz CT molecular complexity index is 416. The van der Waals surface area contributed by atoms with Crippen molar-refractivity contribution in [3.05, 3.63) is 0 Å². The average molecular weight is 329 g/mol. The van der Waals surface area contributed by atoms with E-state index in [0.29, 0.717) is 44.9 Å². The zero-order valence-electron chi connectivity index (χ0n) is 15.1. The first-order valence-electron chi connectivity index (χ1n) is 8.35. The number of ether oxygens (including phenoxy) is 2. The molecule has 1 aliphatic rings. The number of carboxylic acids is 1. The number of carbonyl (C=O) groups is 2. The summed E-state index contributed by atoms with van der Waals surface area (Å²) >= 11 is 0. The van der Waals surface area contributed by atoms with Crippen LogP contribution in [0, 0.1) is 11.3 Å². The van der Waals surface area contributed by atoms with Crippen molar-refractivity contribution in [2.75, 3.05) is 26.3 Å². The van der Waals surface area contributed by atoms with Crippen LogP contribution in [0.25, 0.3) is 0 Å². The Labute approximate surface area is 139 Å². The zero-order valence-corrected chi connectivity index (χ0v) is 15.1. The lowest BCUT2D eigenvalue weighted by molar-refractivity contribution is -0.154. The van der Waals surface area contributed by atoms with Crippen LogP contribution in [0.15, 0.2) is 0 Å². The van der Waals surface area contributed by atoms with Gasteiger partial charge in [-0.25, -0.2) is 4.79 Å². The fourth-order valence-corrected chi connectivity index (χ4v) is 2.69. The molecular weight excluding hydrogens is 298 g/mol. The number of aliphatic carboxylic acids is 1. The minimum Gasteiger partial charge on any atom is -0.481 e. The second kappa shape index (κ2) is 7.99. The van der Waals surface area contributed by atoms with Gasteiger partial charge in [-0.3, -0.25) is 4.79 Å². The molecule has 0 aromatic heterocycles. The fraction of sp³-hybridized carbons (Fsp3) is 0.882. The molecule has 1 unspecified atom stereocenters. The van der Waals surface area contributed by atoms with Crippen LogP contribution in [-0.4, -0.2) is 54.0 Å². The van der Waals surface area contributed by atoms with Crippen molar-refractivity contribution in [1.29, 1.82) is 0 Å². The molecule has 0 aromatic carbocycles. The molecular formula is C17H31NO5. The highest BCUT2D eigenvalue weighted by Gasteiger charge is 2.44. The largest absolute Gasteiger partial charge is 0.481 e. The van der Waals surface area contributed by atoms with E-state index in [-0.39, 0.29) is 6.54 Å². The maximum absolute atomic E-state index is 12.2. The zero-order chi connectivity index (χ0) is 17.7. The van der Waals surface area contributed by atoms with Crippen molar-refractivity contribution in [3.63, 3.8) is 0 Å². The predicted octanol–water partition coefficient (Wildman–Crippen LogP) is 3.15. The minimum atomic E-state index is -0.938. The van der Waals surface area contributed by atoms with Gasteiger partial charge in [0.25, 0.3) is 0 Å². The number of amides is 1. The van der Waals surface area contributed by atoms with Gasteiger partial charge in [-0.2, -0.15) is 0 Å². The van der Waals surface area contributed by atoms with E-state index in [1.165, 1.54) is 4.90 Å². The topological polar surface area (TPSA) is 76.1 Å². The molecule has 1 saturated heterocycles. The van der Waals surface area contributed by atoms with Gasteiger partial charge >= 0.3 is 12.1 Å². The lowest BCUT2D eigenvalue weighted by Crippen LogP contribution is -2.51. The summed E-state index contributed by atoms with van der Waals surface area (Å²) in [6, 6.07) is 0. The van der Waals surface area contributed by atoms with Crippen molar-refractivity contribution < 1.29 is 24.2 Å². The van der Waals surface area contributed by atoms with Crippen LogP contribution in [-0.2, 0) is 14.3 Å². The van der Waals surface area contributed by atoms with E-state index in [0.717, 1.165) is 0 Å². The summed E-state index contributed by atoms with van der Waals surface area (Å²) < 4.78 is 10.9. The van der Waals surface area contributed by atoms with Gasteiger partial charge in [-0.05, 0) is 46.0 Å². The number of piperidine rings is 1. The van der Waals surface area contributed by atoms with Crippen molar-refractivity contribution in [3.8, 4) is 0 Å². The summed E-state index contributed by atoms with van der Waals surface area (Å²) in [5.41, 5.74) is -1.52. The van der Waals surface area contributed by atoms with E-state index >= 15 is 0 Å². The Balaban J connectivity index is 2.68. The normalized spacial score (nSPS) is 22.3. The monoisotopic (exact) mass is 329 g/mol. The SMILES string of the molecule is CC(C)COCCC1(C(=O)O)CCCN(C(=O)OC(C)(C)C)C1. The van der Waals surface area contributed by atoms with Crippen molar-refractivity contribution in [2.45, 2.75) is 59.5 Å². The number of rotatable bonds is 6. The smallest absolute Gasteiger partial charge is 0.410 e. The maximum Gasteiger partial charge on any atom is 0.410 e. The molecule has 6 heteroatoms. The molecule has 1 fully saturated rings. The summed E-state index contributed by atoms with van der Waals surface area (Å²) in [7, 11) is 0. The number of hydrogen-bond donors (Lipinski definition) is 1. The number of carboxylic acid groups (broad SMARTS) is 1. The van der Waals surface area contributed by atoms with Gasteiger partial charge in [0.05, 0.1) is 5.41 Å². The highest BCUT2D eigenvalue weighted by Crippen LogP contribution is 2.34. The molecule has 6 nitrogen and oxygen atoms in total. The molecule has 0 aromatic rings. The molecule has 1 rings (SSSR count). The number of carbonyl (C=O) groups excluding carboxylic acids is 1. The van der Waals surface area contributed by atoms with Crippen LogP contribution in [0.3, 0.4) is 0 Å². The van der Waals surface area contributed by atoms with Gasteiger partial charge in [0, 0.05) is 26.3 Å². The van der Waals surface area contributed by atoms with Crippen LogP contribution in [0.5, 0.6) is 0 Å². The molecule has 0 bridgehead atoms. The van der Waals surface area contributed by atoms with Gasteiger partial charge in [-0.15, -0.1) is 0 Å². The predicted molar refractivity (Wildman–Crippen MR) is 87.4 cm³/mol. The van der Waals surface area contributed by atoms with E-state index in [2.05, 4.69) is 13.8 Å². The van der Waals surface area contributed by atoms with Gasteiger partial charge in [-0.1, -0.05) is 13.8 Å². The standard InChI is InChI=1S/C17H31NO5/c1-13(2)11-22-10-8-17(14(19)20)7-6-9-18(12-17)15(21)23-16(3,4)5/h13H,6-12H2,1-5H3,(H,19,20). The summed E-state index contributed by atoms with van der Waals surface area (Å²) in [6.45, 7) is 11.3. The van der Waals surface area contributed by atoms with Gasteiger partial charge in [0.1, 0.15) is 5.60 Å². The van der Waals surface area contributed by atoms with Gasteiger partial charge in [0.15, 0.2) is 0 Å². The van der Waals surface area contributed by atoms with E-state index < -0.39 is 23.1 Å². The molecule has 0 aliphatic carbocycles. The molecule has 23 heavy (non-hydrogen) atoms. The maximum atomic E-state index is 12.2. The highest BCUT2D eigenvalue weighted by atomic mass is 16.6. The Kier molecular flexibility index (Phi) is 6.86. The summed E-state index contributed by atoms with van der Waals surface area (Å²) in [4.78, 5) is 25.6. The Morgan fingerprint density at radius 2 is 1.96 bits per heavy atom. The number of hydrogen-bond acceptors (Lipinski definition) is 4. The summed E-state index contributed by atoms with van der Waals surface area (Å²) in [5.74, 6) is -0.445. The third-order valence-electron chi connectivity index (χ3n) is 3.86. The van der Waals surface area contributed by atoms with Crippen molar-refractivity contribution >= 4 is 12.1 Å². The first-order valence-corrected chi connectivity index (χ1v) is 8.35. The molecule has 1 atom stereocenters. The van der Waals surface area contributed by atoms with Crippen molar-refractivity contribution in [2.24, 2.45) is 11.3 Å². The first-order chi connectivity index (χ1) is 10.6. The minimum absolute atomic E-state index is 0.183. The molecule has 0 spiro atoms. The molecule has 1 aliphatic heterocycles. The van der Waals surface area contributed by atoms with Crippen molar-refractivity contribution in [1.82, 2.24) is 4.90 Å². The van der Waals surface area contributed by atoms with Crippen LogP contribution >= 0.6 is 0 Å². The summed E-state index contributed by atoms with van der Waals surface area (Å²) in [5, 5.41) is 9.70. The van der Waals surface area contributed by atoms with E-state index in [4.69, 9.17) is 9.47 Å². The summed E-state index contributed by atoms with van der Waals surface area (Å²) in [6.07, 6.45) is 1.20. The molecule has 1 N–H and O–H groups in total. The molecule has 0 radical (unpaired) electrons. The van der Waals surface area contributed by atoms with Crippen LogP contribution in [0.1, 0.15) is 53.9 Å². The molecule has 1 amide bonds. The lowest BCUT2D eigenvalue weighted by Gasteiger charge is -2.40. The van der Waals surface area contributed by atoms with E-state index in [1.54, 1.807) is 20.8 Å². The molecule has 134 valence electrons. The Morgan fingerprint density at radius 1 is 1.30 bits per heavy atom. The van der Waals surface area contributed by atoms with Gasteiger partial charge in [0.2, 0.25) is 0 Å². The fourth-order valence-electron chi connectivity index (χ4n) is 2.69. The van der Waals surface area contributed by atoms with Crippen LogP contribution in [0.4, 0.5) is 4.79 Å². The third-order valence-corrected chi connectivity index (χ3v) is 3.86. The molecule has 1 heterocycles. The molecule has 0 saturated carbocycles. The quantitative estimate of drug-likeness (QED) is 0.758. The highest BCUT2D eigenvalue weighted by molar-refractivity contribution is 5.77. The van der Waals surface area contributed by atoms with Crippen LogP contribution < -0.4 is 0 Å². The Hall–Kier alpha value is -1.30. The number of likely N-dealkylation sites (tertiary alicyclic amines) is 1. The average Bonchev–Trinajstić information content (AvgIpc) is 2.41. The third kappa shape index (κ3) is 6.37.